The molecule has 1 aliphatic rings. The molecule has 0 unspecified atom stereocenters. The molecule has 168 valence electrons. The molecule has 2 heterocycles. The minimum atomic E-state index is -3.56. The first-order valence-electron chi connectivity index (χ1n) is 10.1. The van der Waals surface area contributed by atoms with E-state index in [9.17, 15) is 13.2 Å². The van der Waals surface area contributed by atoms with Gasteiger partial charge in [-0.2, -0.15) is 0 Å². The predicted molar refractivity (Wildman–Crippen MR) is 133 cm³/mol. The monoisotopic (exact) mass is 497 g/mol. The topological polar surface area (TPSA) is 104 Å². The minimum absolute atomic E-state index is 0.138. The van der Waals surface area contributed by atoms with Crippen molar-refractivity contribution in [2.24, 2.45) is 0 Å². The summed E-state index contributed by atoms with van der Waals surface area (Å²) in [5.74, 6) is 0.400. The van der Waals surface area contributed by atoms with Gasteiger partial charge in [-0.15, -0.1) is 10.2 Å². The molecule has 2 N–H and O–H groups in total. The van der Waals surface area contributed by atoms with Crippen LogP contribution in [0.3, 0.4) is 0 Å². The summed E-state index contributed by atoms with van der Waals surface area (Å²) in [5.41, 5.74) is 2.19. The van der Waals surface area contributed by atoms with E-state index in [1.54, 1.807) is 18.2 Å². The fourth-order valence-corrected chi connectivity index (χ4v) is 7.33. The number of carbonyl (C=O) groups excluding carboxylic acids is 1. The first-order valence-corrected chi connectivity index (χ1v) is 13.3. The van der Waals surface area contributed by atoms with E-state index in [1.807, 2.05) is 42.5 Å². The van der Waals surface area contributed by atoms with E-state index in [-0.39, 0.29) is 5.91 Å². The average Bonchev–Trinajstić information content (AvgIpc) is 3.30. The number of hydrogen-bond donors (Lipinski definition) is 2. The second-order valence-corrected chi connectivity index (χ2v) is 11.5. The van der Waals surface area contributed by atoms with Crippen LogP contribution < -0.4 is 14.9 Å². The molecule has 0 radical (unpaired) electrons. The number of nitrogens with zero attached hydrogens (tertiary/aromatic N) is 3. The third-order valence-corrected chi connectivity index (χ3v) is 8.85. The number of sulfonamides is 1. The second-order valence-electron chi connectivity index (χ2n) is 7.32. The maximum Gasteiger partial charge on any atom is 0.265 e. The number of nitrogens with one attached hydrogen (secondary N) is 2. The van der Waals surface area contributed by atoms with Gasteiger partial charge in [0.15, 0.2) is 4.34 Å². The van der Waals surface area contributed by atoms with Gasteiger partial charge in [0.05, 0.1) is 10.6 Å². The van der Waals surface area contributed by atoms with Gasteiger partial charge in [0.1, 0.15) is 0 Å². The van der Waals surface area contributed by atoms with Crippen molar-refractivity contribution in [1.82, 2.24) is 10.2 Å². The van der Waals surface area contributed by atoms with Gasteiger partial charge in [-0.25, -0.2) is 8.42 Å². The van der Waals surface area contributed by atoms with Gasteiger partial charge in [-0.3, -0.25) is 9.10 Å². The highest BCUT2D eigenvalue weighted by atomic mass is 32.2. The minimum Gasteiger partial charge on any atom is -0.330 e. The lowest BCUT2D eigenvalue weighted by atomic mass is 10.1. The first-order chi connectivity index (χ1) is 15.9. The molecule has 0 atom stereocenters. The van der Waals surface area contributed by atoms with E-state index in [0.717, 1.165) is 26.5 Å². The summed E-state index contributed by atoms with van der Waals surface area (Å²) >= 11 is 2.85. The van der Waals surface area contributed by atoms with E-state index >= 15 is 0 Å². The number of anilines is 4. The van der Waals surface area contributed by atoms with Crippen LogP contribution in [0.1, 0.15) is 6.92 Å². The zero-order valence-corrected chi connectivity index (χ0v) is 19.9. The molecule has 4 aromatic rings. The van der Waals surface area contributed by atoms with Crippen molar-refractivity contribution in [2.75, 3.05) is 27.2 Å². The number of amides is 1. The van der Waals surface area contributed by atoms with Crippen LogP contribution in [0.5, 0.6) is 0 Å². The second kappa shape index (κ2) is 8.65. The van der Waals surface area contributed by atoms with Crippen molar-refractivity contribution >= 4 is 72.0 Å². The Kier molecular flexibility index (Phi) is 5.69. The summed E-state index contributed by atoms with van der Waals surface area (Å²) in [6.45, 7) is 1.79. The van der Waals surface area contributed by atoms with Crippen molar-refractivity contribution in [3.05, 3.63) is 60.7 Å². The number of hydrogen-bond acceptors (Lipinski definition) is 8. The molecule has 1 amide bonds. The third-order valence-electron chi connectivity index (χ3n) is 5.04. The van der Waals surface area contributed by atoms with Crippen LogP contribution in [0.2, 0.25) is 0 Å². The Morgan fingerprint density at radius 1 is 1.06 bits per heavy atom. The summed E-state index contributed by atoms with van der Waals surface area (Å²) in [6, 6.07) is 18.3. The lowest BCUT2D eigenvalue weighted by molar-refractivity contribution is -0.114. The quantitative estimate of drug-likeness (QED) is 0.357. The van der Waals surface area contributed by atoms with Crippen molar-refractivity contribution in [2.45, 2.75) is 16.2 Å². The van der Waals surface area contributed by atoms with Crippen molar-refractivity contribution in [3.63, 3.8) is 0 Å². The molecular weight excluding hydrogens is 478 g/mol. The van der Waals surface area contributed by atoms with Crippen molar-refractivity contribution in [3.8, 4) is 0 Å². The van der Waals surface area contributed by atoms with E-state index < -0.39 is 10.0 Å². The van der Waals surface area contributed by atoms with Crippen LogP contribution in [-0.4, -0.2) is 36.8 Å². The van der Waals surface area contributed by atoms with Gasteiger partial charge >= 0.3 is 0 Å². The predicted octanol–water partition coefficient (Wildman–Crippen LogP) is 4.69. The van der Waals surface area contributed by atoms with Crippen molar-refractivity contribution < 1.29 is 13.2 Å². The highest BCUT2D eigenvalue weighted by Gasteiger charge is 2.35. The third kappa shape index (κ3) is 4.26. The average molecular weight is 498 g/mol. The van der Waals surface area contributed by atoms with E-state index in [2.05, 4.69) is 20.8 Å². The number of thioether (sulfide) groups is 1. The number of carbonyl (C=O) groups is 1. The summed E-state index contributed by atoms with van der Waals surface area (Å²) in [4.78, 5) is 11.6. The Morgan fingerprint density at radius 3 is 2.64 bits per heavy atom. The summed E-state index contributed by atoms with van der Waals surface area (Å²) in [5, 5.41) is 16.6. The van der Waals surface area contributed by atoms with Gasteiger partial charge in [-0.05, 0) is 35.7 Å². The van der Waals surface area contributed by atoms with Crippen LogP contribution in [0.15, 0.2) is 69.9 Å². The van der Waals surface area contributed by atoms with Gasteiger partial charge in [0.25, 0.3) is 10.0 Å². The standard InChI is InChI=1S/C22H19N5O3S3/c1-14(28)23-16-7-4-8-17(13-16)24-21-25-26-22(32-21)31-12-11-27-18-9-2-5-15-6-3-10-19(20(15)18)33(27,29)30/h2-10,13H,11-12H2,1H3,(H,23,28)(H,24,25). The van der Waals surface area contributed by atoms with E-state index in [0.29, 0.717) is 28.0 Å². The number of aromatic nitrogens is 2. The van der Waals surface area contributed by atoms with E-state index in [1.165, 1.54) is 34.3 Å². The van der Waals surface area contributed by atoms with Gasteiger partial charge in [0, 0.05) is 36.0 Å². The highest BCUT2D eigenvalue weighted by Crippen LogP contribution is 2.42. The molecule has 33 heavy (non-hydrogen) atoms. The zero-order chi connectivity index (χ0) is 23.0. The molecule has 0 saturated heterocycles. The molecule has 0 fully saturated rings. The smallest absolute Gasteiger partial charge is 0.265 e. The Morgan fingerprint density at radius 2 is 1.82 bits per heavy atom. The largest absolute Gasteiger partial charge is 0.330 e. The maximum absolute atomic E-state index is 13.1. The van der Waals surface area contributed by atoms with Gasteiger partial charge in [0.2, 0.25) is 11.0 Å². The molecule has 11 heteroatoms. The first kappa shape index (κ1) is 21.7. The van der Waals surface area contributed by atoms with Crippen LogP contribution in [0, 0.1) is 0 Å². The Hall–Kier alpha value is -3.15. The summed E-state index contributed by atoms with van der Waals surface area (Å²) < 4.78 is 28.3. The summed E-state index contributed by atoms with van der Waals surface area (Å²) in [6.07, 6.45) is 0. The zero-order valence-electron chi connectivity index (χ0n) is 17.5. The molecule has 0 bridgehead atoms. The van der Waals surface area contributed by atoms with Crippen molar-refractivity contribution in [1.29, 1.82) is 0 Å². The van der Waals surface area contributed by atoms with Crippen LogP contribution in [-0.2, 0) is 14.8 Å². The molecule has 1 aromatic heterocycles. The Bertz CT molecular complexity index is 1460. The number of rotatable bonds is 7. The molecule has 0 saturated carbocycles. The Labute approximate surface area is 199 Å². The van der Waals surface area contributed by atoms with Gasteiger partial charge in [-0.1, -0.05) is 53.4 Å². The molecule has 8 nitrogen and oxygen atoms in total. The lowest BCUT2D eigenvalue weighted by Gasteiger charge is -2.18. The Balaban J connectivity index is 1.24. The number of benzene rings is 3. The molecule has 1 aliphatic heterocycles. The highest BCUT2D eigenvalue weighted by molar-refractivity contribution is 8.01. The van der Waals surface area contributed by atoms with Gasteiger partial charge < -0.3 is 10.6 Å². The van der Waals surface area contributed by atoms with Crippen LogP contribution in [0.4, 0.5) is 22.2 Å². The molecular formula is C22H19N5O3S3. The molecule has 0 spiro atoms. The summed E-state index contributed by atoms with van der Waals surface area (Å²) in [7, 11) is -3.56. The normalized spacial score (nSPS) is 13.9. The van der Waals surface area contributed by atoms with E-state index in [4.69, 9.17) is 0 Å². The molecule has 3 aromatic carbocycles. The van der Waals surface area contributed by atoms with Crippen LogP contribution in [0.25, 0.3) is 10.8 Å². The van der Waals surface area contributed by atoms with Crippen LogP contribution >= 0.6 is 23.1 Å². The lowest BCUT2D eigenvalue weighted by Crippen LogP contribution is -2.29. The molecule has 0 aliphatic carbocycles. The fraction of sp³-hybridized carbons (Fsp3) is 0.136. The maximum atomic E-state index is 13.1. The molecule has 5 rings (SSSR count). The SMILES string of the molecule is CC(=O)Nc1cccc(Nc2nnc(SCCN3c4cccc5cccc(c45)S3(=O)=O)s2)c1. The fourth-order valence-electron chi connectivity index (χ4n) is 3.73.